The van der Waals surface area contributed by atoms with Crippen LogP contribution < -0.4 is 4.74 Å². The van der Waals surface area contributed by atoms with Crippen LogP contribution in [0.15, 0.2) is 23.4 Å². The van der Waals surface area contributed by atoms with E-state index in [4.69, 9.17) is 9.94 Å². The summed E-state index contributed by atoms with van der Waals surface area (Å²) in [6.45, 7) is 3.01. The minimum absolute atomic E-state index is 0.774. The molecule has 3 heteroatoms. The average Bonchev–Trinajstić information content (AvgIpc) is 2.53. The van der Waals surface area contributed by atoms with Gasteiger partial charge in [-0.05, 0) is 43.4 Å². The van der Waals surface area contributed by atoms with E-state index in [0.717, 1.165) is 49.3 Å². The van der Waals surface area contributed by atoms with Crippen molar-refractivity contribution in [3.63, 3.8) is 0 Å². The molecule has 0 aliphatic heterocycles. The molecule has 0 saturated heterocycles. The molecule has 1 aliphatic rings. The Morgan fingerprint density at radius 2 is 1.90 bits per heavy atom. The molecule has 0 amide bonds. The fourth-order valence-electron chi connectivity index (χ4n) is 2.89. The van der Waals surface area contributed by atoms with Crippen LogP contribution in [0.4, 0.5) is 0 Å². The first-order chi connectivity index (χ1) is 10.3. The Labute approximate surface area is 128 Å². The molecule has 3 nitrogen and oxygen atoms in total. The highest BCUT2D eigenvalue weighted by molar-refractivity contribution is 6.02. The molecule has 0 unspecified atom stereocenters. The van der Waals surface area contributed by atoms with E-state index < -0.39 is 0 Å². The maximum atomic E-state index is 9.09. The Morgan fingerprint density at radius 3 is 2.71 bits per heavy atom. The van der Waals surface area contributed by atoms with Crippen LogP contribution in [0.1, 0.15) is 69.4 Å². The van der Waals surface area contributed by atoms with E-state index in [0.29, 0.717) is 0 Å². The second kappa shape index (κ2) is 8.71. The maximum Gasteiger partial charge on any atom is 0.119 e. The third kappa shape index (κ3) is 4.76. The number of hydrogen-bond donors (Lipinski definition) is 1. The van der Waals surface area contributed by atoms with Gasteiger partial charge in [0.15, 0.2) is 0 Å². The van der Waals surface area contributed by atoms with Crippen LogP contribution in [0, 0.1) is 0 Å². The highest BCUT2D eigenvalue weighted by atomic mass is 16.5. The van der Waals surface area contributed by atoms with Crippen molar-refractivity contribution in [3.05, 3.63) is 29.3 Å². The van der Waals surface area contributed by atoms with Gasteiger partial charge in [0.1, 0.15) is 5.75 Å². The summed E-state index contributed by atoms with van der Waals surface area (Å²) < 4.78 is 5.83. The van der Waals surface area contributed by atoms with Gasteiger partial charge in [0.25, 0.3) is 0 Å². The van der Waals surface area contributed by atoms with Crippen molar-refractivity contribution in [1.29, 1.82) is 0 Å². The first-order valence-electron chi connectivity index (χ1n) is 8.32. The van der Waals surface area contributed by atoms with E-state index >= 15 is 0 Å². The van der Waals surface area contributed by atoms with Crippen molar-refractivity contribution in [3.8, 4) is 5.75 Å². The van der Waals surface area contributed by atoms with Crippen molar-refractivity contribution in [2.24, 2.45) is 5.16 Å². The van der Waals surface area contributed by atoms with Crippen molar-refractivity contribution < 1.29 is 9.94 Å². The normalized spacial score (nSPS) is 16.0. The SMILES string of the molecule is CCCCCCCCOc1ccc2c(c1)/C(=N\O)CCC2. The minimum Gasteiger partial charge on any atom is -0.494 e. The Balaban J connectivity index is 1.79. The number of unbranched alkanes of at least 4 members (excludes halogenated alkanes) is 5. The van der Waals surface area contributed by atoms with Crippen LogP contribution in [0.3, 0.4) is 0 Å². The molecule has 0 radical (unpaired) electrons. The molecular weight excluding hydrogens is 262 g/mol. The summed E-state index contributed by atoms with van der Waals surface area (Å²) in [4.78, 5) is 0. The largest absolute Gasteiger partial charge is 0.494 e. The summed E-state index contributed by atoms with van der Waals surface area (Å²) >= 11 is 0. The van der Waals surface area contributed by atoms with Gasteiger partial charge >= 0.3 is 0 Å². The molecule has 0 aromatic heterocycles. The number of nitrogens with zero attached hydrogens (tertiary/aromatic N) is 1. The number of ether oxygens (including phenoxy) is 1. The maximum absolute atomic E-state index is 9.09. The number of oxime groups is 1. The zero-order valence-electron chi connectivity index (χ0n) is 13.1. The van der Waals surface area contributed by atoms with E-state index in [1.54, 1.807) is 0 Å². The van der Waals surface area contributed by atoms with Gasteiger partial charge in [-0.3, -0.25) is 0 Å². The molecule has 0 spiro atoms. The van der Waals surface area contributed by atoms with Crippen LogP contribution in [0.5, 0.6) is 5.75 Å². The number of benzene rings is 1. The van der Waals surface area contributed by atoms with E-state index in [9.17, 15) is 0 Å². The summed E-state index contributed by atoms with van der Waals surface area (Å²) in [6, 6.07) is 6.17. The van der Waals surface area contributed by atoms with Crippen molar-refractivity contribution >= 4 is 5.71 Å². The van der Waals surface area contributed by atoms with Crippen molar-refractivity contribution in [1.82, 2.24) is 0 Å². The van der Waals surface area contributed by atoms with Gasteiger partial charge in [-0.15, -0.1) is 0 Å². The third-order valence-electron chi connectivity index (χ3n) is 4.14. The van der Waals surface area contributed by atoms with E-state index in [1.807, 2.05) is 12.1 Å². The molecule has 2 rings (SSSR count). The molecule has 1 aliphatic carbocycles. The third-order valence-corrected chi connectivity index (χ3v) is 4.14. The lowest BCUT2D eigenvalue weighted by molar-refractivity contribution is 0.304. The van der Waals surface area contributed by atoms with Gasteiger partial charge < -0.3 is 9.94 Å². The van der Waals surface area contributed by atoms with Crippen LogP contribution in [-0.4, -0.2) is 17.5 Å². The summed E-state index contributed by atoms with van der Waals surface area (Å²) in [5.74, 6) is 0.894. The van der Waals surface area contributed by atoms with E-state index in [-0.39, 0.29) is 0 Å². The molecule has 1 aromatic carbocycles. The van der Waals surface area contributed by atoms with Gasteiger partial charge in [-0.25, -0.2) is 0 Å². The molecule has 0 bridgehead atoms. The average molecular weight is 289 g/mol. The zero-order chi connectivity index (χ0) is 14.9. The van der Waals surface area contributed by atoms with Gasteiger partial charge in [0.05, 0.1) is 12.3 Å². The lowest BCUT2D eigenvalue weighted by Gasteiger charge is -2.18. The molecule has 0 atom stereocenters. The summed E-state index contributed by atoms with van der Waals surface area (Å²) in [7, 11) is 0. The topological polar surface area (TPSA) is 41.8 Å². The molecule has 0 fully saturated rings. The molecule has 21 heavy (non-hydrogen) atoms. The second-order valence-electron chi connectivity index (χ2n) is 5.84. The van der Waals surface area contributed by atoms with E-state index in [2.05, 4.69) is 18.1 Å². The van der Waals surface area contributed by atoms with Gasteiger partial charge in [-0.2, -0.15) is 0 Å². The van der Waals surface area contributed by atoms with Gasteiger partial charge in [0, 0.05) is 5.56 Å². The van der Waals surface area contributed by atoms with Crippen LogP contribution in [0.25, 0.3) is 0 Å². The lowest BCUT2D eigenvalue weighted by atomic mass is 9.90. The zero-order valence-corrected chi connectivity index (χ0v) is 13.1. The Kier molecular flexibility index (Phi) is 6.58. The molecule has 0 heterocycles. The van der Waals surface area contributed by atoms with Crippen molar-refractivity contribution in [2.75, 3.05) is 6.61 Å². The van der Waals surface area contributed by atoms with Crippen LogP contribution in [0.2, 0.25) is 0 Å². The van der Waals surface area contributed by atoms with Crippen LogP contribution >= 0.6 is 0 Å². The second-order valence-corrected chi connectivity index (χ2v) is 5.84. The Bertz CT molecular complexity index is 468. The standard InChI is InChI=1S/C18H27NO2/c1-2-3-4-5-6-7-13-21-16-12-11-15-9-8-10-18(19-20)17(15)14-16/h11-12,14,20H,2-10,13H2,1H3/b19-18-. The Hall–Kier alpha value is -1.51. The summed E-state index contributed by atoms with van der Waals surface area (Å²) in [6.07, 6.45) is 10.6. The first-order valence-corrected chi connectivity index (χ1v) is 8.32. The van der Waals surface area contributed by atoms with Gasteiger partial charge in [0.2, 0.25) is 0 Å². The fraction of sp³-hybridized carbons (Fsp3) is 0.611. The molecule has 1 N–H and O–H groups in total. The van der Waals surface area contributed by atoms with E-state index in [1.165, 1.54) is 37.7 Å². The molecule has 116 valence electrons. The van der Waals surface area contributed by atoms with Gasteiger partial charge in [-0.1, -0.05) is 50.2 Å². The number of rotatable bonds is 8. The first kappa shape index (κ1) is 15.9. The highest BCUT2D eigenvalue weighted by Crippen LogP contribution is 2.26. The van der Waals surface area contributed by atoms with Crippen LogP contribution in [-0.2, 0) is 6.42 Å². The molecule has 0 saturated carbocycles. The molecule has 1 aromatic rings. The predicted molar refractivity (Wildman–Crippen MR) is 86.6 cm³/mol. The Morgan fingerprint density at radius 1 is 1.10 bits per heavy atom. The highest BCUT2D eigenvalue weighted by Gasteiger charge is 2.16. The smallest absolute Gasteiger partial charge is 0.119 e. The minimum atomic E-state index is 0.774. The monoisotopic (exact) mass is 289 g/mol. The molecular formula is C18H27NO2. The fourth-order valence-corrected chi connectivity index (χ4v) is 2.89. The number of hydrogen-bond acceptors (Lipinski definition) is 3. The number of fused-ring (bicyclic) bond motifs is 1. The number of aryl methyl sites for hydroxylation is 1. The predicted octanol–water partition coefficient (Wildman–Crippen LogP) is 4.94. The summed E-state index contributed by atoms with van der Waals surface area (Å²) in [5, 5.41) is 12.5. The summed E-state index contributed by atoms with van der Waals surface area (Å²) in [5.41, 5.74) is 3.12. The quantitative estimate of drug-likeness (QED) is 0.418. The lowest BCUT2D eigenvalue weighted by Crippen LogP contribution is -2.12. The van der Waals surface area contributed by atoms with Crippen molar-refractivity contribution in [2.45, 2.75) is 64.7 Å².